The number of nitrogens with two attached hydrogens (primary N) is 1. The zero-order valence-corrected chi connectivity index (χ0v) is 11.2. The van der Waals surface area contributed by atoms with E-state index in [1.54, 1.807) is 23.9 Å². The fraction of sp³-hybridized carbons (Fsp3) is 0.400. The molecule has 0 aromatic carbocycles. The summed E-state index contributed by atoms with van der Waals surface area (Å²) in [7, 11) is 0. The second-order valence-corrected chi connectivity index (χ2v) is 5.11. The van der Waals surface area contributed by atoms with Gasteiger partial charge in [0.1, 0.15) is 11.5 Å². The number of nitrogens with zero attached hydrogens (tertiary/aromatic N) is 1. The second-order valence-electron chi connectivity index (χ2n) is 3.43. The SMILES string of the molecule is CSC(C)CNC(=O)c1nc(NN)ccc1Cl. The first kappa shape index (κ1) is 14.1. The third-order valence-electron chi connectivity index (χ3n) is 2.16. The normalized spacial score (nSPS) is 12.0. The van der Waals surface area contributed by atoms with Gasteiger partial charge in [0.05, 0.1) is 5.02 Å². The molecule has 1 unspecified atom stereocenters. The summed E-state index contributed by atoms with van der Waals surface area (Å²) in [6.45, 7) is 2.59. The van der Waals surface area contributed by atoms with Crippen molar-refractivity contribution in [3.63, 3.8) is 0 Å². The molecule has 1 aromatic rings. The number of hydrogen-bond donors (Lipinski definition) is 3. The Morgan fingerprint density at radius 2 is 2.35 bits per heavy atom. The second kappa shape index (κ2) is 6.68. The van der Waals surface area contributed by atoms with Gasteiger partial charge in [-0.05, 0) is 18.4 Å². The summed E-state index contributed by atoms with van der Waals surface area (Å²) >= 11 is 7.57. The van der Waals surface area contributed by atoms with E-state index in [9.17, 15) is 4.79 Å². The van der Waals surface area contributed by atoms with Crippen molar-refractivity contribution in [3.8, 4) is 0 Å². The van der Waals surface area contributed by atoms with Gasteiger partial charge in [0, 0.05) is 11.8 Å². The Balaban J connectivity index is 2.74. The molecule has 4 N–H and O–H groups in total. The van der Waals surface area contributed by atoms with Gasteiger partial charge < -0.3 is 10.7 Å². The molecule has 1 atom stereocenters. The highest BCUT2D eigenvalue weighted by Crippen LogP contribution is 2.16. The van der Waals surface area contributed by atoms with Gasteiger partial charge in [0.2, 0.25) is 0 Å². The quantitative estimate of drug-likeness (QED) is 0.560. The Labute approximate surface area is 109 Å². The lowest BCUT2D eigenvalue weighted by Gasteiger charge is -2.10. The van der Waals surface area contributed by atoms with Crippen LogP contribution >= 0.6 is 23.4 Å². The summed E-state index contributed by atoms with van der Waals surface area (Å²) < 4.78 is 0. The van der Waals surface area contributed by atoms with Gasteiger partial charge in [-0.25, -0.2) is 10.8 Å². The van der Waals surface area contributed by atoms with Gasteiger partial charge in [-0.1, -0.05) is 18.5 Å². The highest BCUT2D eigenvalue weighted by atomic mass is 35.5. The average Bonchev–Trinajstić information content (AvgIpc) is 2.36. The van der Waals surface area contributed by atoms with E-state index in [2.05, 4.69) is 15.7 Å². The van der Waals surface area contributed by atoms with E-state index in [0.717, 1.165) is 0 Å². The minimum absolute atomic E-state index is 0.176. The molecule has 0 fully saturated rings. The number of rotatable bonds is 5. The van der Waals surface area contributed by atoms with Crippen LogP contribution in [-0.2, 0) is 0 Å². The molecule has 0 radical (unpaired) electrons. The molecular weight excluding hydrogens is 260 g/mol. The number of thioether (sulfide) groups is 1. The Morgan fingerprint density at radius 1 is 1.65 bits per heavy atom. The topological polar surface area (TPSA) is 80.0 Å². The Kier molecular flexibility index (Phi) is 5.54. The van der Waals surface area contributed by atoms with Crippen LogP contribution in [0.2, 0.25) is 5.02 Å². The molecule has 7 heteroatoms. The smallest absolute Gasteiger partial charge is 0.271 e. The number of halogens is 1. The van der Waals surface area contributed by atoms with E-state index in [1.165, 1.54) is 0 Å². The molecule has 5 nitrogen and oxygen atoms in total. The molecule has 1 heterocycles. The largest absolute Gasteiger partial charge is 0.350 e. The van der Waals surface area contributed by atoms with Gasteiger partial charge in [0.15, 0.2) is 0 Å². The summed E-state index contributed by atoms with van der Waals surface area (Å²) in [6.07, 6.45) is 1.99. The highest BCUT2D eigenvalue weighted by molar-refractivity contribution is 7.99. The predicted octanol–water partition coefficient (Wildman–Crippen LogP) is 1.50. The van der Waals surface area contributed by atoms with E-state index in [4.69, 9.17) is 17.4 Å². The Hall–Kier alpha value is -0.980. The van der Waals surface area contributed by atoms with Crippen LogP contribution in [0, 0.1) is 0 Å². The van der Waals surface area contributed by atoms with Crippen molar-refractivity contribution in [2.45, 2.75) is 12.2 Å². The summed E-state index contributed by atoms with van der Waals surface area (Å²) in [5.74, 6) is 5.32. The van der Waals surface area contributed by atoms with Crippen LogP contribution in [0.5, 0.6) is 0 Å². The summed E-state index contributed by atoms with van der Waals surface area (Å²) in [5, 5.41) is 3.41. The molecule has 0 saturated heterocycles. The number of anilines is 1. The standard InChI is InChI=1S/C10H15ClN4OS/c1-6(17-2)5-13-10(16)9-7(11)3-4-8(14-9)15-12/h3-4,6H,5,12H2,1-2H3,(H,13,16)(H,14,15). The third kappa shape index (κ3) is 4.07. The van der Waals surface area contributed by atoms with E-state index >= 15 is 0 Å². The minimum atomic E-state index is -0.298. The Bertz CT molecular complexity index is 402. The fourth-order valence-corrected chi connectivity index (χ4v) is 1.53. The van der Waals surface area contributed by atoms with Gasteiger partial charge in [-0.3, -0.25) is 4.79 Å². The average molecular weight is 275 g/mol. The van der Waals surface area contributed by atoms with Crippen LogP contribution in [0.4, 0.5) is 5.82 Å². The minimum Gasteiger partial charge on any atom is -0.350 e. The van der Waals surface area contributed by atoms with Crippen molar-refractivity contribution in [2.24, 2.45) is 5.84 Å². The van der Waals surface area contributed by atoms with Crippen molar-refractivity contribution < 1.29 is 4.79 Å². The van der Waals surface area contributed by atoms with Gasteiger partial charge in [-0.15, -0.1) is 0 Å². The molecule has 94 valence electrons. The van der Waals surface area contributed by atoms with Gasteiger partial charge >= 0.3 is 0 Å². The van der Waals surface area contributed by atoms with E-state index in [-0.39, 0.29) is 11.6 Å². The lowest BCUT2D eigenvalue weighted by Crippen LogP contribution is -2.30. The molecule has 1 rings (SSSR count). The summed E-state index contributed by atoms with van der Waals surface area (Å²) in [6, 6.07) is 3.18. The monoisotopic (exact) mass is 274 g/mol. The molecule has 1 aromatic heterocycles. The third-order valence-corrected chi connectivity index (χ3v) is 3.44. The molecule has 0 aliphatic heterocycles. The molecule has 0 bridgehead atoms. The molecule has 1 amide bonds. The number of hydrazine groups is 1. The maximum absolute atomic E-state index is 11.8. The van der Waals surface area contributed by atoms with Crippen molar-refractivity contribution >= 4 is 35.1 Å². The molecule has 0 aliphatic rings. The molecule has 0 aliphatic carbocycles. The zero-order chi connectivity index (χ0) is 12.8. The summed E-state index contributed by atoms with van der Waals surface area (Å²) in [5.41, 5.74) is 2.55. The lowest BCUT2D eigenvalue weighted by atomic mass is 10.3. The first-order chi connectivity index (χ1) is 8.08. The first-order valence-corrected chi connectivity index (χ1v) is 6.69. The zero-order valence-electron chi connectivity index (χ0n) is 9.66. The van der Waals surface area contributed by atoms with Crippen molar-refractivity contribution in [3.05, 3.63) is 22.8 Å². The van der Waals surface area contributed by atoms with Crippen molar-refractivity contribution in [1.29, 1.82) is 0 Å². The number of carbonyl (C=O) groups is 1. The number of pyridine rings is 1. The maximum Gasteiger partial charge on any atom is 0.271 e. The van der Waals surface area contributed by atoms with Crippen LogP contribution in [0.15, 0.2) is 12.1 Å². The van der Waals surface area contributed by atoms with Crippen molar-refractivity contribution in [2.75, 3.05) is 18.2 Å². The van der Waals surface area contributed by atoms with Crippen LogP contribution < -0.4 is 16.6 Å². The van der Waals surface area contributed by atoms with Gasteiger partial charge in [0.25, 0.3) is 5.91 Å². The molecule has 0 saturated carbocycles. The number of aromatic nitrogens is 1. The number of carbonyl (C=O) groups excluding carboxylic acids is 1. The van der Waals surface area contributed by atoms with E-state index in [0.29, 0.717) is 22.6 Å². The number of amides is 1. The Morgan fingerprint density at radius 3 is 2.94 bits per heavy atom. The van der Waals surface area contributed by atoms with E-state index < -0.39 is 0 Å². The molecular formula is C10H15ClN4OS. The first-order valence-electron chi connectivity index (χ1n) is 5.02. The van der Waals surface area contributed by atoms with E-state index in [1.807, 2.05) is 13.2 Å². The van der Waals surface area contributed by atoms with Crippen LogP contribution in [0.25, 0.3) is 0 Å². The van der Waals surface area contributed by atoms with Crippen LogP contribution in [0.1, 0.15) is 17.4 Å². The van der Waals surface area contributed by atoms with Crippen LogP contribution in [-0.4, -0.2) is 28.9 Å². The predicted molar refractivity (Wildman–Crippen MR) is 72.4 cm³/mol. The maximum atomic E-state index is 11.8. The fourth-order valence-electron chi connectivity index (χ4n) is 1.09. The number of nitrogen functional groups attached to an aromatic ring is 1. The van der Waals surface area contributed by atoms with Crippen LogP contribution in [0.3, 0.4) is 0 Å². The van der Waals surface area contributed by atoms with Gasteiger partial charge in [-0.2, -0.15) is 11.8 Å². The lowest BCUT2D eigenvalue weighted by molar-refractivity contribution is 0.0949. The molecule has 17 heavy (non-hydrogen) atoms. The number of hydrogen-bond acceptors (Lipinski definition) is 5. The number of nitrogens with one attached hydrogen (secondary N) is 2. The summed E-state index contributed by atoms with van der Waals surface area (Å²) in [4.78, 5) is 15.8. The molecule has 0 spiro atoms. The van der Waals surface area contributed by atoms with Crippen molar-refractivity contribution in [1.82, 2.24) is 10.3 Å². The highest BCUT2D eigenvalue weighted by Gasteiger charge is 2.13.